The minimum absolute atomic E-state index is 0.183. The van der Waals surface area contributed by atoms with Crippen LogP contribution in [0, 0.1) is 0 Å². The van der Waals surface area contributed by atoms with Crippen LogP contribution in [0.25, 0.3) is 0 Å². The van der Waals surface area contributed by atoms with Gasteiger partial charge in [-0.15, -0.1) is 0 Å². The lowest BCUT2D eigenvalue weighted by atomic mass is 10.0. The average Bonchev–Trinajstić information content (AvgIpc) is 2.30. The van der Waals surface area contributed by atoms with E-state index in [9.17, 15) is 4.79 Å². The predicted molar refractivity (Wildman–Crippen MR) is 66.8 cm³/mol. The van der Waals surface area contributed by atoms with E-state index >= 15 is 0 Å². The van der Waals surface area contributed by atoms with Gasteiger partial charge in [0.1, 0.15) is 10.8 Å². The van der Waals surface area contributed by atoms with Crippen molar-refractivity contribution in [2.75, 3.05) is 7.11 Å². The molecule has 0 radical (unpaired) electrons. The zero-order valence-corrected chi connectivity index (χ0v) is 10.7. The third kappa shape index (κ3) is 2.39. The highest BCUT2D eigenvalue weighted by Gasteiger charge is 2.17. The zero-order valence-electron chi connectivity index (χ0n) is 9.14. The third-order valence-corrected chi connectivity index (χ3v) is 3.12. The largest absolute Gasteiger partial charge is 0.495 e. The molecule has 0 heterocycles. The highest BCUT2D eigenvalue weighted by atomic mass is 35.5. The molecule has 0 aliphatic rings. The molecule has 1 aromatic carbocycles. The Hall–Kier alpha value is -0.990. The van der Waals surface area contributed by atoms with E-state index in [1.165, 1.54) is 7.11 Å². The number of hydrogen-bond acceptors (Lipinski definition) is 2. The molecule has 0 aliphatic carbocycles. The Morgan fingerprint density at radius 2 is 2.00 bits per heavy atom. The van der Waals surface area contributed by atoms with Crippen LogP contribution >= 0.6 is 23.2 Å². The molecule has 0 bridgehead atoms. The zero-order chi connectivity index (χ0) is 12.3. The van der Waals surface area contributed by atoms with Gasteiger partial charge in [0.2, 0.25) is 0 Å². The Balaban J connectivity index is 3.22. The smallest absolute Gasteiger partial charge is 0.189 e. The van der Waals surface area contributed by atoms with E-state index in [1.807, 2.05) is 6.92 Å². The van der Waals surface area contributed by atoms with Gasteiger partial charge in [0.05, 0.1) is 12.1 Å². The standard InChI is InChI=1S/C12H12Cl2O2/c1-4-7(2)12(15)8-5-6-9(16-3)11(14)10(8)13/h5-6H,2,4H2,1,3H3. The van der Waals surface area contributed by atoms with Gasteiger partial charge in [-0.1, -0.05) is 36.7 Å². The Kier molecular flexibility index (Phi) is 4.39. The predicted octanol–water partition coefficient (Wildman–Crippen LogP) is 4.15. The van der Waals surface area contributed by atoms with Crippen LogP contribution in [-0.2, 0) is 0 Å². The number of benzene rings is 1. The van der Waals surface area contributed by atoms with Crippen LogP contribution in [-0.4, -0.2) is 12.9 Å². The minimum atomic E-state index is -0.183. The molecule has 86 valence electrons. The second kappa shape index (κ2) is 5.37. The van der Waals surface area contributed by atoms with Gasteiger partial charge in [-0.3, -0.25) is 4.79 Å². The van der Waals surface area contributed by atoms with Crippen molar-refractivity contribution in [3.8, 4) is 5.75 Å². The topological polar surface area (TPSA) is 26.3 Å². The first-order chi connectivity index (χ1) is 7.52. The van der Waals surface area contributed by atoms with Gasteiger partial charge in [0.25, 0.3) is 0 Å². The normalized spacial score (nSPS) is 10.0. The van der Waals surface area contributed by atoms with Crippen LogP contribution in [0.4, 0.5) is 0 Å². The summed E-state index contributed by atoms with van der Waals surface area (Å²) in [6, 6.07) is 3.21. The maximum Gasteiger partial charge on any atom is 0.189 e. The van der Waals surface area contributed by atoms with Crippen LogP contribution < -0.4 is 4.74 Å². The van der Waals surface area contributed by atoms with Crippen LogP contribution in [0.15, 0.2) is 24.3 Å². The molecule has 16 heavy (non-hydrogen) atoms. The molecule has 0 unspecified atom stereocenters. The van der Waals surface area contributed by atoms with Gasteiger partial charge in [0.15, 0.2) is 5.78 Å². The van der Waals surface area contributed by atoms with Crippen molar-refractivity contribution in [1.82, 2.24) is 0 Å². The lowest BCUT2D eigenvalue weighted by Crippen LogP contribution is -2.03. The number of carbonyl (C=O) groups excluding carboxylic acids is 1. The van der Waals surface area contributed by atoms with Crippen molar-refractivity contribution in [2.24, 2.45) is 0 Å². The fraction of sp³-hybridized carbons (Fsp3) is 0.250. The van der Waals surface area contributed by atoms with Crippen LogP contribution in [0.2, 0.25) is 10.0 Å². The first kappa shape index (κ1) is 13.1. The van der Waals surface area contributed by atoms with Gasteiger partial charge >= 0.3 is 0 Å². The molecule has 0 spiro atoms. The summed E-state index contributed by atoms with van der Waals surface area (Å²) in [5, 5.41) is 0.458. The number of rotatable bonds is 4. The molecular weight excluding hydrogens is 247 g/mol. The van der Waals surface area contributed by atoms with Crippen molar-refractivity contribution in [3.05, 3.63) is 39.9 Å². The van der Waals surface area contributed by atoms with E-state index in [4.69, 9.17) is 27.9 Å². The maximum absolute atomic E-state index is 11.9. The van der Waals surface area contributed by atoms with Crippen molar-refractivity contribution < 1.29 is 9.53 Å². The molecule has 0 saturated heterocycles. The van der Waals surface area contributed by atoms with Crippen LogP contribution in [0.5, 0.6) is 5.75 Å². The lowest BCUT2D eigenvalue weighted by Gasteiger charge is -2.09. The minimum Gasteiger partial charge on any atom is -0.495 e. The number of halogens is 2. The van der Waals surface area contributed by atoms with Gasteiger partial charge in [-0.2, -0.15) is 0 Å². The first-order valence-electron chi connectivity index (χ1n) is 4.77. The fourth-order valence-electron chi connectivity index (χ4n) is 1.22. The molecule has 0 aliphatic heterocycles. The number of methoxy groups -OCH3 is 1. The van der Waals surface area contributed by atoms with Gasteiger partial charge in [-0.25, -0.2) is 0 Å². The van der Waals surface area contributed by atoms with Crippen LogP contribution in [0.3, 0.4) is 0 Å². The molecule has 0 saturated carbocycles. The highest BCUT2D eigenvalue weighted by Crippen LogP contribution is 2.35. The number of ketones is 1. The molecule has 0 aromatic heterocycles. The van der Waals surface area contributed by atoms with Crippen molar-refractivity contribution in [1.29, 1.82) is 0 Å². The average molecular weight is 259 g/mol. The van der Waals surface area contributed by atoms with Crippen molar-refractivity contribution in [2.45, 2.75) is 13.3 Å². The summed E-state index contributed by atoms with van der Waals surface area (Å²) in [5.74, 6) is 0.266. The summed E-state index contributed by atoms with van der Waals surface area (Å²) in [6.07, 6.45) is 0.582. The summed E-state index contributed by atoms with van der Waals surface area (Å²) >= 11 is 12.0. The van der Waals surface area contributed by atoms with Crippen LogP contribution in [0.1, 0.15) is 23.7 Å². The molecule has 1 aromatic rings. The SMILES string of the molecule is C=C(CC)C(=O)c1ccc(OC)c(Cl)c1Cl. The molecule has 0 fully saturated rings. The van der Waals surface area contributed by atoms with E-state index in [1.54, 1.807) is 12.1 Å². The van der Waals surface area contributed by atoms with Crippen molar-refractivity contribution in [3.63, 3.8) is 0 Å². The maximum atomic E-state index is 11.9. The van der Waals surface area contributed by atoms with Gasteiger partial charge in [-0.05, 0) is 24.1 Å². The Labute approximate surface area is 105 Å². The molecule has 1 rings (SSSR count). The first-order valence-corrected chi connectivity index (χ1v) is 5.53. The number of allylic oxidation sites excluding steroid dienone is 1. The second-order valence-corrected chi connectivity index (χ2v) is 3.99. The lowest BCUT2D eigenvalue weighted by molar-refractivity contribution is 0.103. The van der Waals surface area contributed by atoms with E-state index in [-0.39, 0.29) is 15.8 Å². The van der Waals surface area contributed by atoms with E-state index < -0.39 is 0 Å². The van der Waals surface area contributed by atoms with Crippen molar-refractivity contribution >= 4 is 29.0 Å². The molecule has 4 heteroatoms. The Bertz CT molecular complexity index is 439. The van der Waals surface area contributed by atoms with E-state index in [2.05, 4.69) is 6.58 Å². The Morgan fingerprint density at radius 3 is 2.50 bits per heavy atom. The van der Waals surface area contributed by atoms with Gasteiger partial charge in [0, 0.05) is 5.56 Å². The summed E-state index contributed by atoms with van der Waals surface area (Å²) in [7, 11) is 1.49. The number of carbonyl (C=O) groups is 1. The molecule has 0 N–H and O–H groups in total. The number of ether oxygens (including phenoxy) is 1. The summed E-state index contributed by atoms with van der Waals surface area (Å²) in [4.78, 5) is 11.9. The van der Waals surface area contributed by atoms with Gasteiger partial charge < -0.3 is 4.74 Å². The number of hydrogen-bond donors (Lipinski definition) is 0. The quantitative estimate of drug-likeness (QED) is 0.599. The monoisotopic (exact) mass is 258 g/mol. The van der Waals surface area contributed by atoms with E-state index in [0.717, 1.165) is 0 Å². The highest BCUT2D eigenvalue weighted by molar-refractivity contribution is 6.45. The molecule has 0 amide bonds. The molecule has 0 atom stereocenters. The Morgan fingerprint density at radius 1 is 1.38 bits per heavy atom. The fourth-order valence-corrected chi connectivity index (χ4v) is 1.70. The third-order valence-electron chi connectivity index (χ3n) is 2.26. The second-order valence-electron chi connectivity index (χ2n) is 3.23. The summed E-state index contributed by atoms with van der Waals surface area (Å²) in [5.41, 5.74) is 0.863. The molecule has 2 nitrogen and oxygen atoms in total. The summed E-state index contributed by atoms with van der Waals surface area (Å²) < 4.78 is 5.00. The number of Topliss-reactive ketones (excluding diaryl/α,β-unsaturated/α-hetero) is 1. The summed E-state index contributed by atoms with van der Waals surface area (Å²) in [6.45, 7) is 5.54. The van der Waals surface area contributed by atoms with E-state index in [0.29, 0.717) is 23.3 Å². The molecular formula is C12H12Cl2O2.